The van der Waals surface area contributed by atoms with Crippen LogP contribution in [0.5, 0.6) is 0 Å². The Morgan fingerprint density at radius 2 is 1.21 bits per heavy atom. The molecule has 0 atom stereocenters. The van der Waals surface area contributed by atoms with E-state index in [2.05, 4.69) is 58.5 Å². The molecule has 3 rings (SSSR count). The standard InChI is InChI=1S/C21H21N3/c1-2-24(17-18-9-5-3-6-10-18)21-15-13-20(14-16-21)23-22-19-11-7-4-8-12-19/h3-16H,2,17H2,1H3. The Balaban J connectivity index is 1.69. The van der Waals surface area contributed by atoms with Gasteiger partial charge in [0.1, 0.15) is 0 Å². The molecular formula is C21H21N3. The quantitative estimate of drug-likeness (QED) is 0.503. The van der Waals surface area contributed by atoms with E-state index >= 15 is 0 Å². The highest BCUT2D eigenvalue weighted by atomic mass is 15.1. The molecule has 0 aromatic heterocycles. The van der Waals surface area contributed by atoms with Gasteiger partial charge in [0.05, 0.1) is 11.4 Å². The lowest BCUT2D eigenvalue weighted by molar-refractivity contribution is 0.832. The van der Waals surface area contributed by atoms with Gasteiger partial charge >= 0.3 is 0 Å². The second-order valence-corrected chi connectivity index (χ2v) is 5.55. The van der Waals surface area contributed by atoms with Crippen LogP contribution in [0.25, 0.3) is 0 Å². The molecule has 0 radical (unpaired) electrons. The summed E-state index contributed by atoms with van der Waals surface area (Å²) in [6.07, 6.45) is 0. The van der Waals surface area contributed by atoms with E-state index in [4.69, 9.17) is 0 Å². The van der Waals surface area contributed by atoms with Crippen LogP contribution < -0.4 is 4.90 Å². The van der Waals surface area contributed by atoms with Crippen LogP contribution in [0.15, 0.2) is 95.2 Å². The fourth-order valence-corrected chi connectivity index (χ4v) is 2.53. The Labute approximate surface area is 143 Å². The molecule has 0 aliphatic heterocycles. The van der Waals surface area contributed by atoms with Crippen molar-refractivity contribution >= 4 is 17.1 Å². The first-order chi connectivity index (χ1) is 11.8. The van der Waals surface area contributed by atoms with E-state index in [1.807, 2.05) is 48.5 Å². The molecule has 3 nitrogen and oxygen atoms in total. The fraction of sp³-hybridized carbons (Fsp3) is 0.143. The van der Waals surface area contributed by atoms with E-state index in [0.717, 1.165) is 24.5 Å². The van der Waals surface area contributed by atoms with Crippen LogP contribution in [0.2, 0.25) is 0 Å². The maximum absolute atomic E-state index is 4.29. The maximum Gasteiger partial charge on any atom is 0.0858 e. The lowest BCUT2D eigenvalue weighted by atomic mass is 10.2. The van der Waals surface area contributed by atoms with Crippen molar-refractivity contribution in [2.45, 2.75) is 13.5 Å². The Morgan fingerprint density at radius 3 is 1.79 bits per heavy atom. The Bertz CT molecular complexity index is 765. The third-order valence-corrected chi connectivity index (χ3v) is 3.85. The van der Waals surface area contributed by atoms with Gasteiger partial charge < -0.3 is 4.90 Å². The van der Waals surface area contributed by atoms with E-state index < -0.39 is 0 Å². The van der Waals surface area contributed by atoms with E-state index in [1.54, 1.807) is 0 Å². The monoisotopic (exact) mass is 315 g/mol. The molecule has 0 bridgehead atoms. The summed E-state index contributed by atoms with van der Waals surface area (Å²) in [5.41, 5.74) is 4.23. The number of benzene rings is 3. The summed E-state index contributed by atoms with van der Waals surface area (Å²) in [6, 6.07) is 28.5. The molecule has 0 saturated carbocycles. The molecule has 3 aromatic carbocycles. The average molecular weight is 315 g/mol. The van der Waals surface area contributed by atoms with Gasteiger partial charge in [0, 0.05) is 18.8 Å². The summed E-state index contributed by atoms with van der Waals surface area (Å²) in [5.74, 6) is 0. The number of nitrogens with zero attached hydrogens (tertiary/aromatic N) is 3. The van der Waals surface area contributed by atoms with Crippen molar-refractivity contribution in [3.05, 3.63) is 90.5 Å². The van der Waals surface area contributed by atoms with Gasteiger partial charge in [-0.3, -0.25) is 0 Å². The van der Waals surface area contributed by atoms with Crippen molar-refractivity contribution < 1.29 is 0 Å². The Kier molecular flexibility index (Phi) is 5.36. The van der Waals surface area contributed by atoms with Crippen molar-refractivity contribution in [2.24, 2.45) is 10.2 Å². The van der Waals surface area contributed by atoms with Crippen molar-refractivity contribution in [2.75, 3.05) is 11.4 Å². The van der Waals surface area contributed by atoms with Crippen LogP contribution in [0, 0.1) is 0 Å². The average Bonchev–Trinajstić information content (AvgIpc) is 2.67. The van der Waals surface area contributed by atoms with Gasteiger partial charge in [0.2, 0.25) is 0 Å². The number of anilines is 1. The molecule has 120 valence electrons. The molecule has 0 aliphatic carbocycles. The topological polar surface area (TPSA) is 28.0 Å². The zero-order valence-electron chi connectivity index (χ0n) is 13.8. The summed E-state index contributed by atoms with van der Waals surface area (Å²) in [7, 11) is 0. The zero-order valence-corrected chi connectivity index (χ0v) is 13.8. The highest BCUT2D eigenvalue weighted by molar-refractivity contribution is 5.53. The summed E-state index contributed by atoms with van der Waals surface area (Å²) in [6.45, 7) is 4.04. The molecule has 0 aliphatic rings. The number of azo groups is 1. The molecule has 0 amide bonds. The molecule has 3 heteroatoms. The molecular weight excluding hydrogens is 294 g/mol. The van der Waals surface area contributed by atoms with Crippen molar-refractivity contribution in [1.29, 1.82) is 0 Å². The second kappa shape index (κ2) is 8.06. The third kappa shape index (κ3) is 4.29. The van der Waals surface area contributed by atoms with Gasteiger partial charge in [0.25, 0.3) is 0 Å². The summed E-state index contributed by atoms with van der Waals surface area (Å²) < 4.78 is 0. The van der Waals surface area contributed by atoms with Crippen molar-refractivity contribution in [3.63, 3.8) is 0 Å². The number of hydrogen-bond acceptors (Lipinski definition) is 3. The predicted molar refractivity (Wildman–Crippen MR) is 100 cm³/mol. The number of rotatable bonds is 6. The van der Waals surface area contributed by atoms with Gasteiger partial charge in [-0.05, 0) is 48.9 Å². The summed E-state index contributed by atoms with van der Waals surface area (Å²) in [5, 5.41) is 8.54. The first kappa shape index (κ1) is 15.9. The summed E-state index contributed by atoms with van der Waals surface area (Å²) >= 11 is 0. The minimum Gasteiger partial charge on any atom is -0.367 e. The van der Waals surface area contributed by atoms with Crippen LogP contribution in [-0.2, 0) is 6.54 Å². The predicted octanol–water partition coefficient (Wildman–Crippen LogP) is 6.13. The highest BCUT2D eigenvalue weighted by Crippen LogP contribution is 2.23. The first-order valence-corrected chi connectivity index (χ1v) is 8.21. The van der Waals surface area contributed by atoms with Gasteiger partial charge in [-0.2, -0.15) is 10.2 Å². The van der Waals surface area contributed by atoms with Gasteiger partial charge in [0.15, 0.2) is 0 Å². The zero-order chi connectivity index (χ0) is 16.6. The lowest BCUT2D eigenvalue weighted by Gasteiger charge is -2.23. The smallest absolute Gasteiger partial charge is 0.0858 e. The lowest BCUT2D eigenvalue weighted by Crippen LogP contribution is -2.21. The highest BCUT2D eigenvalue weighted by Gasteiger charge is 2.05. The third-order valence-electron chi connectivity index (χ3n) is 3.85. The van der Waals surface area contributed by atoms with Crippen molar-refractivity contribution in [1.82, 2.24) is 0 Å². The van der Waals surface area contributed by atoms with E-state index in [0.29, 0.717) is 0 Å². The second-order valence-electron chi connectivity index (χ2n) is 5.55. The normalized spacial score (nSPS) is 10.9. The molecule has 0 heterocycles. The van der Waals surface area contributed by atoms with Crippen LogP contribution in [-0.4, -0.2) is 6.54 Å². The molecule has 0 N–H and O–H groups in total. The van der Waals surface area contributed by atoms with Gasteiger partial charge in [-0.25, -0.2) is 0 Å². The maximum atomic E-state index is 4.29. The van der Waals surface area contributed by atoms with E-state index in [-0.39, 0.29) is 0 Å². The Hall–Kier alpha value is -2.94. The van der Waals surface area contributed by atoms with Crippen LogP contribution in [0.1, 0.15) is 12.5 Å². The van der Waals surface area contributed by atoms with Crippen LogP contribution in [0.4, 0.5) is 17.1 Å². The minimum absolute atomic E-state index is 0.860. The summed E-state index contributed by atoms with van der Waals surface area (Å²) in [4.78, 5) is 2.34. The molecule has 0 spiro atoms. The van der Waals surface area contributed by atoms with E-state index in [9.17, 15) is 0 Å². The first-order valence-electron chi connectivity index (χ1n) is 8.21. The van der Waals surface area contributed by atoms with Crippen LogP contribution in [0.3, 0.4) is 0 Å². The van der Waals surface area contributed by atoms with Crippen molar-refractivity contribution in [3.8, 4) is 0 Å². The molecule has 0 unspecified atom stereocenters. The van der Waals surface area contributed by atoms with Crippen LogP contribution >= 0.6 is 0 Å². The largest absolute Gasteiger partial charge is 0.367 e. The molecule has 3 aromatic rings. The number of hydrogen-bond donors (Lipinski definition) is 0. The Morgan fingerprint density at radius 1 is 0.667 bits per heavy atom. The molecule has 0 fully saturated rings. The molecule has 0 saturated heterocycles. The van der Waals surface area contributed by atoms with Gasteiger partial charge in [-0.15, -0.1) is 0 Å². The van der Waals surface area contributed by atoms with E-state index in [1.165, 1.54) is 11.3 Å². The molecule has 24 heavy (non-hydrogen) atoms. The van der Waals surface area contributed by atoms with Gasteiger partial charge in [-0.1, -0.05) is 48.5 Å². The SMILES string of the molecule is CCN(Cc1ccccc1)c1ccc(N=Nc2ccccc2)cc1. The fourth-order valence-electron chi connectivity index (χ4n) is 2.53. The minimum atomic E-state index is 0.860.